The average molecular weight is 445 g/mol. The van der Waals surface area contributed by atoms with Crippen molar-refractivity contribution in [3.8, 4) is 0 Å². The highest BCUT2D eigenvalue weighted by Gasteiger charge is 2.27. The molecule has 0 bridgehead atoms. The molecule has 2 amide bonds. The number of nitrogens with zero attached hydrogens (tertiary/aromatic N) is 3. The number of carbonyl (C=O) groups is 2. The van der Waals surface area contributed by atoms with E-state index in [0.29, 0.717) is 52.6 Å². The first kappa shape index (κ1) is 20.4. The number of likely N-dealkylation sites (tertiary alicyclic amines) is 1. The number of rotatable bonds is 6. The molecule has 144 valence electrons. The van der Waals surface area contributed by atoms with Crippen LogP contribution in [0.5, 0.6) is 0 Å². The van der Waals surface area contributed by atoms with E-state index in [1.54, 1.807) is 17.6 Å². The van der Waals surface area contributed by atoms with E-state index < -0.39 is 0 Å². The molecule has 0 aliphatic carbocycles. The fraction of sp³-hybridized carbons (Fsp3) is 0.412. The number of benzene rings is 1. The monoisotopic (exact) mass is 444 g/mol. The highest BCUT2D eigenvalue weighted by molar-refractivity contribution is 7.99. The molecule has 0 radical (unpaired) electrons. The van der Waals surface area contributed by atoms with E-state index >= 15 is 0 Å². The van der Waals surface area contributed by atoms with Gasteiger partial charge in [0.2, 0.25) is 16.9 Å². The first-order valence-corrected chi connectivity index (χ1v) is 11.2. The van der Waals surface area contributed by atoms with Crippen LogP contribution in [0.25, 0.3) is 0 Å². The number of aromatic nitrogens is 2. The molecule has 1 aliphatic rings. The van der Waals surface area contributed by atoms with E-state index in [9.17, 15) is 9.59 Å². The second-order valence-corrected chi connectivity index (χ2v) is 8.78. The Bertz CT molecular complexity index is 796. The van der Waals surface area contributed by atoms with E-state index in [0.717, 1.165) is 5.56 Å². The van der Waals surface area contributed by atoms with Crippen molar-refractivity contribution in [1.29, 1.82) is 0 Å². The minimum Gasteiger partial charge on any atom is -0.342 e. The summed E-state index contributed by atoms with van der Waals surface area (Å²) >= 11 is 14.9. The van der Waals surface area contributed by atoms with Crippen LogP contribution in [-0.2, 0) is 15.3 Å². The highest BCUT2D eigenvalue weighted by Crippen LogP contribution is 2.25. The van der Waals surface area contributed by atoms with Crippen LogP contribution >= 0.6 is 46.3 Å². The third kappa shape index (κ3) is 5.81. The van der Waals surface area contributed by atoms with Gasteiger partial charge in [0.15, 0.2) is 0 Å². The smallest absolute Gasteiger partial charge is 0.232 e. The van der Waals surface area contributed by atoms with Crippen LogP contribution in [0, 0.1) is 5.92 Å². The minimum absolute atomic E-state index is 0.0504. The van der Waals surface area contributed by atoms with Gasteiger partial charge < -0.3 is 10.2 Å². The fourth-order valence-electron chi connectivity index (χ4n) is 2.80. The fourth-order valence-corrected chi connectivity index (χ4v) is 4.74. The molecule has 6 nitrogen and oxygen atoms in total. The van der Waals surface area contributed by atoms with Gasteiger partial charge >= 0.3 is 0 Å². The maximum absolute atomic E-state index is 12.4. The highest BCUT2D eigenvalue weighted by atomic mass is 35.5. The number of hydrogen-bond donors (Lipinski definition) is 1. The first-order valence-electron chi connectivity index (χ1n) is 8.39. The molecular weight excluding hydrogens is 427 g/mol. The zero-order valence-electron chi connectivity index (χ0n) is 14.4. The van der Waals surface area contributed by atoms with Crippen LogP contribution in [0.1, 0.15) is 18.4 Å². The Balaban J connectivity index is 1.40. The van der Waals surface area contributed by atoms with Crippen LogP contribution in [0.2, 0.25) is 10.0 Å². The van der Waals surface area contributed by atoms with Gasteiger partial charge in [-0.15, -0.1) is 22.0 Å². The summed E-state index contributed by atoms with van der Waals surface area (Å²) in [7, 11) is 0. The summed E-state index contributed by atoms with van der Waals surface area (Å²) in [6.07, 6.45) is 1.31. The Labute approximate surface area is 175 Å². The van der Waals surface area contributed by atoms with Crippen molar-refractivity contribution in [2.45, 2.75) is 18.6 Å². The summed E-state index contributed by atoms with van der Waals surface area (Å²) in [5.41, 5.74) is 2.54. The molecule has 1 aromatic carbocycles. The van der Waals surface area contributed by atoms with E-state index in [2.05, 4.69) is 15.5 Å². The molecule has 1 saturated heterocycles. The summed E-state index contributed by atoms with van der Waals surface area (Å²) in [5.74, 6) is 0.987. The SMILES string of the molecule is O=C(Nc1nncs1)C1CCN(C(=O)CSCc2ccc(Cl)cc2Cl)CC1. The van der Waals surface area contributed by atoms with Gasteiger partial charge in [-0.25, -0.2) is 0 Å². The van der Waals surface area contributed by atoms with Crippen molar-refractivity contribution < 1.29 is 9.59 Å². The lowest BCUT2D eigenvalue weighted by molar-refractivity contribution is -0.132. The second kappa shape index (κ2) is 9.73. The molecule has 1 aromatic heterocycles. The minimum atomic E-state index is -0.0986. The molecule has 10 heteroatoms. The van der Waals surface area contributed by atoms with Gasteiger partial charge in [-0.3, -0.25) is 9.59 Å². The Morgan fingerprint density at radius 3 is 2.74 bits per heavy atom. The molecule has 3 rings (SSSR count). The number of halogens is 2. The Kier molecular flexibility index (Phi) is 7.34. The lowest BCUT2D eigenvalue weighted by atomic mass is 9.96. The Morgan fingerprint density at radius 2 is 2.07 bits per heavy atom. The number of carbonyl (C=O) groups excluding carboxylic acids is 2. The molecule has 2 aromatic rings. The molecular formula is C17H18Cl2N4O2S2. The lowest BCUT2D eigenvalue weighted by Gasteiger charge is -2.31. The summed E-state index contributed by atoms with van der Waals surface area (Å²) in [6, 6.07) is 5.38. The predicted octanol–water partition coefficient (Wildman–Crippen LogP) is 3.96. The Hall–Kier alpha value is -1.35. The number of anilines is 1. The van der Waals surface area contributed by atoms with Crippen molar-refractivity contribution >= 4 is 63.2 Å². The number of thioether (sulfide) groups is 1. The van der Waals surface area contributed by atoms with Crippen LogP contribution in [-0.4, -0.2) is 45.8 Å². The summed E-state index contributed by atoms with van der Waals surface area (Å²) in [5, 5.41) is 12.0. The first-order chi connectivity index (χ1) is 13.0. The van der Waals surface area contributed by atoms with Crippen molar-refractivity contribution in [1.82, 2.24) is 15.1 Å². The second-order valence-electron chi connectivity index (χ2n) is 6.12. The van der Waals surface area contributed by atoms with Crippen molar-refractivity contribution in [3.63, 3.8) is 0 Å². The number of piperidine rings is 1. The van der Waals surface area contributed by atoms with Crippen molar-refractivity contribution in [2.75, 3.05) is 24.2 Å². The predicted molar refractivity (Wildman–Crippen MR) is 110 cm³/mol. The summed E-state index contributed by atoms with van der Waals surface area (Å²) < 4.78 is 0. The van der Waals surface area contributed by atoms with Crippen LogP contribution in [0.4, 0.5) is 5.13 Å². The zero-order chi connectivity index (χ0) is 19.2. The van der Waals surface area contributed by atoms with Crippen LogP contribution < -0.4 is 5.32 Å². The van der Waals surface area contributed by atoms with Gasteiger partial charge in [0.05, 0.1) is 5.75 Å². The molecule has 1 fully saturated rings. The van der Waals surface area contributed by atoms with Crippen LogP contribution in [0.3, 0.4) is 0 Å². The van der Waals surface area contributed by atoms with Crippen molar-refractivity contribution in [2.24, 2.45) is 5.92 Å². The summed E-state index contributed by atoms with van der Waals surface area (Å²) in [4.78, 5) is 26.4. The molecule has 0 saturated carbocycles. The third-order valence-corrected chi connectivity index (χ3v) is 6.47. The van der Waals surface area contributed by atoms with Gasteiger partial charge in [-0.2, -0.15) is 0 Å². The maximum Gasteiger partial charge on any atom is 0.232 e. The van der Waals surface area contributed by atoms with Gasteiger partial charge in [0, 0.05) is 34.8 Å². The van der Waals surface area contributed by atoms with Crippen molar-refractivity contribution in [3.05, 3.63) is 39.3 Å². The number of hydrogen-bond acceptors (Lipinski definition) is 6. The maximum atomic E-state index is 12.4. The zero-order valence-corrected chi connectivity index (χ0v) is 17.5. The van der Waals surface area contributed by atoms with Gasteiger partial charge in [-0.1, -0.05) is 40.6 Å². The molecule has 2 heterocycles. The molecule has 0 spiro atoms. The largest absolute Gasteiger partial charge is 0.342 e. The van der Waals surface area contributed by atoms with Gasteiger partial charge in [0.25, 0.3) is 0 Å². The molecule has 1 aliphatic heterocycles. The van der Waals surface area contributed by atoms with Gasteiger partial charge in [0.1, 0.15) is 5.51 Å². The summed E-state index contributed by atoms with van der Waals surface area (Å²) in [6.45, 7) is 1.19. The number of nitrogens with one attached hydrogen (secondary N) is 1. The van der Waals surface area contributed by atoms with E-state index in [-0.39, 0.29) is 17.7 Å². The van der Waals surface area contributed by atoms with E-state index in [1.165, 1.54) is 23.1 Å². The molecule has 27 heavy (non-hydrogen) atoms. The average Bonchev–Trinajstić information content (AvgIpc) is 3.16. The number of amides is 2. The lowest BCUT2D eigenvalue weighted by Crippen LogP contribution is -2.42. The quantitative estimate of drug-likeness (QED) is 0.729. The molecule has 0 unspecified atom stereocenters. The Morgan fingerprint density at radius 1 is 1.30 bits per heavy atom. The van der Waals surface area contributed by atoms with Crippen LogP contribution in [0.15, 0.2) is 23.7 Å². The topological polar surface area (TPSA) is 75.2 Å². The molecule has 0 atom stereocenters. The molecule has 1 N–H and O–H groups in total. The standard InChI is InChI=1S/C17H18Cl2N4O2S2/c18-13-2-1-12(14(19)7-13)8-26-9-15(24)23-5-3-11(4-6-23)16(25)21-17-22-20-10-27-17/h1-2,7,10-11H,3-6,8-9H2,(H,21,22,25). The third-order valence-electron chi connectivity index (χ3n) is 4.31. The van der Waals surface area contributed by atoms with E-state index in [1.807, 2.05) is 11.0 Å². The van der Waals surface area contributed by atoms with Gasteiger partial charge in [-0.05, 0) is 30.5 Å². The normalized spacial score (nSPS) is 15.0. The van der Waals surface area contributed by atoms with E-state index in [4.69, 9.17) is 23.2 Å².